The van der Waals surface area contributed by atoms with Gasteiger partial charge < -0.3 is 5.11 Å². The zero-order valence-electron chi connectivity index (χ0n) is 10.2. The predicted octanol–water partition coefficient (Wildman–Crippen LogP) is 0.364. The standard InChI is InChI=1S/C11H11N3O5S/c15-11(16)6-4-7(5-6)14-20(17,18)9-3-1-2-8-10(9)13-19-12-8/h1-3,6-7,14H,4-5H2,(H,15,16). The molecule has 1 aromatic carbocycles. The molecule has 0 spiro atoms. The molecule has 1 saturated carbocycles. The molecular weight excluding hydrogens is 286 g/mol. The van der Waals surface area contributed by atoms with Gasteiger partial charge in [0.25, 0.3) is 0 Å². The number of hydrogen-bond donors (Lipinski definition) is 2. The van der Waals surface area contributed by atoms with Gasteiger partial charge in [0.05, 0.1) is 5.92 Å². The number of nitrogens with zero attached hydrogens (tertiary/aromatic N) is 2. The van der Waals surface area contributed by atoms with Crippen LogP contribution in [0.1, 0.15) is 12.8 Å². The minimum atomic E-state index is -3.77. The van der Waals surface area contributed by atoms with E-state index in [1.54, 1.807) is 12.1 Å². The van der Waals surface area contributed by atoms with Crippen molar-refractivity contribution < 1.29 is 22.9 Å². The first kappa shape index (κ1) is 13.0. The number of rotatable bonds is 4. The first-order chi connectivity index (χ1) is 9.47. The van der Waals surface area contributed by atoms with Crippen molar-refractivity contribution in [3.63, 3.8) is 0 Å². The van der Waals surface area contributed by atoms with Crippen LogP contribution in [-0.4, -0.2) is 35.8 Å². The molecule has 8 nitrogen and oxygen atoms in total. The van der Waals surface area contributed by atoms with Crippen LogP contribution in [0.5, 0.6) is 0 Å². The van der Waals surface area contributed by atoms with Crippen LogP contribution in [0.4, 0.5) is 0 Å². The molecule has 1 aliphatic rings. The summed E-state index contributed by atoms with van der Waals surface area (Å²) in [4.78, 5) is 10.7. The third-order valence-corrected chi connectivity index (χ3v) is 4.90. The zero-order valence-corrected chi connectivity index (χ0v) is 11.0. The van der Waals surface area contributed by atoms with Crippen LogP contribution >= 0.6 is 0 Å². The maximum Gasteiger partial charge on any atom is 0.306 e. The Morgan fingerprint density at radius 2 is 2.10 bits per heavy atom. The van der Waals surface area contributed by atoms with Crippen LogP contribution in [0.3, 0.4) is 0 Å². The number of fused-ring (bicyclic) bond motifs is 1. The predicted molar refractivity (Wildman–Crippen MR) is 66.3 cm³/mol. The Labute approximate surface area is 113 Å². The van der Waals surface area contributed by atoms with Crippen molar-refractivity contribution in [1.29, 1.82) is 0 Å². The van der Waals surface area contributed by atoms with Gasteiger partial charge in [0.15, 0.2) is 5.52 Å². The lowest BCUT2D eigenvalue weighted by Crippen LogP contribution is -2.46. The van der Waals surface area contributed by atoms with Crippen LogP contribution < -0.4 is 4.72 Å². The van der Waals surface area contributed by atoms with E-state index in [9.17, 15) is 13.2 Å². The van der Waals surface area contributed by atoms with E-state index in [1.165, 1.54) is 6.07 Å². The van der Waals surface area contributed by atoms with Crippen LogP contribution in [-0.2, 0) is 14.8 Å². The Hall–Kier alpha value is -2.00. The summed E-state index contributed by atoms with van der Waals surface area (Å²) in [7, 11) is -3.77. The summed E-state index contributed by atoms with van der Waals surface area (Å²) >= 11 is 0. The maximum atomic E-state index is 12.3. The summed E-state index contributed by atoms with van der Waals surface area (Å²) in [5.74, 6) is -1.38. The number of carboxylic acid groups (broad SMARTS) is 1. The molecule has 0 amide bonds. The lowest BCUT2D eigenvalue weighted by Gasteiger charge is -2.32. The Morgan fingerprint density at radius 3 is 2.80 bits per heavy atom. The highest BCUT2D eigenvalue weighted by Crippen LogP contribution is 2.29. The van der Waals surface area contributed by atoms with Crippen molar-refractivity contribution in [2.45, 2.75) is 23.8 Å². The lowest BCUT2D eigenvalue weighted by molar-refractivity contribution is -0.145. The second-order valence-corrected chi connectivity index (χ2v) is 6.40. The molecule has 0 bridgehead atoms. The second-order valence-electron chi connectivity index (χ2n) is 4.71. The molecule has 20 heavy (non-hydrogen) atoms. The van der Waals surface area contributed by atoms with E-state index in [0.29, 0.717) is 18.4 Å². The smallest absolute Gasteiger partial charge is 0.306 e. The van der Waals surface area contributed by atoms with E-state index in [1.807, 2.05) is 0 Å². The lowest BCUT2D eigenvalue weighted by atomic mass is 9.81. The number of nitrogens with one attached hydrogen (secondary N) is 1. The van der Waals surface area contributed by atoms with E-state index in [-0.39, 0.29) is 16.5 Å². The molecule has 1 fully saturated rings. The number of aliphatic carboxylic acids is 1. The van der Waals surface area contributed by atoms with Crippen LogP contribution in [0, 0.1) is 5.92 Å². The number of benzene rings is 1. The van der Waals surface area contributed by atoms with Gasteiger partial charge >= 0.3 is 5.97 Å². The molecule has 0 unspecified atom stereocenters. The van der Waals surface area contributed by atoms with E-state index in [0.717, 1.165) is 0 Å². The summed E-state index contributed by atoms with van der Waals surface area (Å²) in [6.07, 6.45) is 0.587. The maximum absolute atomic E-state index is 12.3. The second kappa shape index (κ2) is 4.53. The number of carboxylic acids is 1. The molecule has 0 aliphatic heterocycles. The van der Waals surface area contributed by atoms with E-state index >= 15 is 0 Å². The van der Waals surface area contributed by atoms with Gasteiger partial charge in [-0.1, -0.05) is 6.07 Å². The summed E-state index contributed by atoms with van der Waals surface area (Å²) in [6, 6.07) is 4.18. The summed E-state index contributed by atoms with van der Waals surface area (Å²) in [5.41, 5.74) is 0.513. The molecule has 9 heteroatoms. The Kier molecular flexibility index (Phi) is 2.94. The van der Waals surface area contributed by atoms with Crippen LogP contribution in [0.25, 0.3) is 11.0 Å². The van der Waals surface area contributed by atoms with Crippen molar-refractivity contribution in [3.8, 4) is 0 Å². The van der Waals surface area contributed by atoms with Crippen molar-refractivity contribution in [1.82, 2.24) is 15.0 Å². The van der Waals surface area contributed by atoms with E-state index in [4.69, 9.17) is 5.11 Å². The Balaban J connectivity index is 1.83. The average Bonchev–Trinajstić information content (AvgIpc) is 2.80. The Morgan fingerprint density at radius 1 is 1.35 bits per heavy atom. The summed E-state index contributed by atoms with van der Waals surface area (Å²) < 4.78 is 31.5. The van der Waals surface area contributed by atoms with Gasteiger partial charge in [0, 0.05) is 6.04 Å². The summed E-state index contributed by atoms with van der Waals surface area (Å²) in [6.45, 7) is 0. The topological polar surface area (TPSA) is 122 Å². The van der Waals surface area contributed by atoms with Crippen LogP contribution in [0.15, 0.2) is 27.7 Å². The highest BCUT2D eigenvalue weighted by atomic mass is 32.2. The molecular formula is C11H11N3O5S. The van der Waals surface area contributed by atoms with Crippen LogP contribution in [0.2, 0.25) is 0 Å². The number of hydrogen-bond acceptors (Lipinski definition) is 6. The minimum Gasteiger partial charge on any atom is -0.481 e. The third kappa shape index (κ3) is 2.14. The molecule has 0 atom stereocenters. The Bertz CT molecular complexity index is 763. The molecule has 106 valence electrons. The van der Waals surface area contributed by atoms with Crippen molar-refractivity contribution in [2.75, 3.05) is 0 Å². The van der Waals surface area contributed by atoms with Gasteiger partial charge in [-0.15, -0.1) is 0 Å². The zero-order chi connectivity index (χ0) is 14.3. The summed E-state index contributed by atoms with van der Waals surface area (Å²) in [5, 5.41) is 15.9. The van der Waals surface area contributed by atoms with E-state index in [2.05, 4.69) is 19.7 Å². The van der Waals surface area contributed by atoms with Crippen molar-refractivity contribution in [2.24, 2.45) is 5.92 Å². The van der Waals surface area contributed by atoms with E-state index < -0.39 is 21.9 Å². The number of carbonyl (C=O) groups is 1. The highest BCUT2D eigenvalue weighted by Gasteiger charge is 2.37. The first-order valence-electron chi connectivity index (χ1n) is 5.94. The van der Waals surface area contributed by atoms with Gasteiger partial charge in [0.1, 0.15) is 10.4 Å². The third-order valence-electron chi connectivity index (χ3n) is 3.35. The quantitative estimate of drug-likeness (QED) is 0.835. The van der Waals surface area contributed by atoms with Gasteiger partial charge in [-0.25, -0.2) is 17.8 Å². The molecule has 1 aromatic heterocycles. The van der Waals surface area contributed by atoms with Gasteiger partial charge in [-0.2, -0.15) is 0 Å². The van der Waals surface area contributed by atoms with Crippen molar-refractivity contribution >= 4 is 27.0 Å². The average molecular weight is 297 g/mol. The molecule has 1 aliphatic carbocycles. The molecule has 2 N–H and O–H groups in total. The van der Waals surface area contributed by atoms with Gasteiger partial charge in [-0.05, 0) is 35.3 Å². The monoisotopic (exact) mass is 297 g/mol. The fourth-order valence-corrected chi connectivity index (χ4v) is 3.61. The minimum absolute atomic E-state index is 0.0185. The highest BCUT2D eigenvalue weighted by molar-refractivity contribution is 7.89. The van der Waals surface area contributed by atoms with Gasteiger partial charge in [-0.3, -0.25) is 4.79 Å². The van der Waals surface area contributed by atoms with Crippen molar-refractivity contribution in [3.05, 3.63) is 18.2 Å². The molecule has 3 rings (SSSR count). The molecule has 1 heterocycles. The molecule has 0 radical (unpaired) electrons. The fourth-order valence-electron chi connectivity index (χ4n) is 2.20. The normalized spacial score (nSPS) is 22.6. The molecule has 0 saturated heterocycles. The number of aromatic nitrogens is 2. The first-order valence-corrected chi connectivity index (χ1v) is 7.42. The van der Waals surface area contributed by atoms with Gasteiger partial charge in [0.2, 0.25) is 10.0 Å². The number of sulfonamides is 1. The largest absolute Gasteiger partial charge is 0.481 e. The molecule has 2 aromatic rings. The SMILES string of the molecule is O=C(O)C1CC(NS(=O)(=O)c2cccc3nonc23)C1. The fraction of sp³-hybridized carbons (Fsp3) is 0.364.